The van der Waals surface area contributed by atoms with Crippen molar-refractivity contribution in [3.8, 4) is 11.5 Å². The monoisotopic (exact) mass is 502 g/mol. The van der Waals surface area contributed by atoms with Crippen LogP contribution in [0.2, 0.25) is 5.02 Å². The van der Waals surface area contributed by atoms with Gasteiger partial charge in [0.15, 0.2) is 11.5 Å². The second kappa shape index (κ2) is 11.5. The van der Waals surface area contributed by atoms with Gasteiger partial charge in [-0.25, -0.2) is 14.4 Å². The number of nitrogens with zero attached hydrogens (tertiary/aromatic N) is 3. The van der Waals surface area contributed by atoms with E-state index >= 15 is 0 Å². The van der Waals surface area contributed by atoms with E-state index in [0.29, 0.717) is 74.1 Å². The van der Waals surface area contributed by atoms with Crippen molar-refractivity contribution in [3.05, 3.63) is 47.5 Å². The molecule has 3 aromatic rings. The molecule has 8 nitrogen and oxygen atoms in total. The molecule has 1 aliphatic rings. The zero-order valence-electron chi connectivity index (χ0n) is 19.7. The number of rotatable bonds is 9. The highest BCUT2D eigenvalue weighted by atomic mass is 35.5. The number of hydrogen-bond donors (Lipinski definition) is 1. The molecule has 1 N–H and O–H groups in total. The normalized spacial score (nSPS) is 14.2. The van der Waals surface area contributed by atoms with Gasteiger partial charge in [-0.1, -0.05) is 11.6 Å². The van der Waals surface area contributed by atoms with Gasteiger partial charge in [0.1, 0.15) is 24.1 Å². The second-order valence-electron chi connectivity index (χ2n) is 8.17. The summed E-state index contributed by atoms with van der Waals surface area (Å²) >= 11 is 5.93. The Morgan fingerprint density at radius 3 is 2.71 bits per heavy atom. The molecule has 0 spiro atoms. The van der Waals surface area contributed by atoms with Crippen LogP contribution in [0.25, 0.3) is 10.9 Å². The highest BCUT2D eigenvalue weighted by molar-refractivity contribution is 6.31. The van der Waals surface area contributed by atoms with Crippen LogP contribution in [-0.4, -0.2) is 60.3 Å². The molecular weight excluding hydrogens is 475 g/mol. The topological polar surface area (TPSA) is 85.8 Å². The summed E-state index contributed by atoms with van der Waals surface area (Å²) in [5, 5.41) is 3.92. The number of nitrogens with one attached hydrogen (secondary N) is 1. The number of carbonyl (C=O) groups is 1. The van der Waals surface area contributed by atoms with E-state index in [0.717, 1.165) is 5.39 Å². The molecule has 1 fully saturated rings. The fraction of sp³-hybridized carbons (Fsp3) is 0.400. The summed E-state index contributed by atoms with van der Waals surface area (Å²) in [6, 6.07) is 8.05. The third kappa shape index (κ3) is 6.10. The first-order chi connectivity index (χ1) is 17.0. The number of halogens is 2. The van der Waals surface area contributed by atoms with E-state index in [1.165, 1.54) is 18.5 Å². The predicted octanol–water partition coefficient (Wildman–Crippen LogP) is 4.97. The molecule has 4 rings (SSSR count). The number of benzene rings is 2. The third-order valence-electron chi connectivity index (χ3n) is 5.79. The maximum Gasteiger partial charge on any atom is 0.224 e. The van der Waals surface area contributed by atoms with Gasteiger partial charge in [-0.05, 0) is 31.2 Å². The molecule has 1 aliphatic heterocycles. The van der Waals surface area contributed by atoms with E-state index in [1.54, 1.807) is 13.2 Å². The molecule has 0 saturated carbocycles. The number of methoxy groups -OCH3 is 1. The van der Waals surface area contributed by atoms with Gasteiger partial charge in [-0.3, -0.25) is 4.79 Å². The first kappa shape index (κ1) is 24.9. The molecule has 0 aliphatic carbocycles. The number of anilines is 2. The lowest BCUT2D eigenvalue weighted by Gasteiger charge is -2.32. The van der Waals surface area contributed by atoms with Gasteiger partial charge in [0.25, 0.3) is 0 Å². The lowest BCUT2D eigenvalue weighted by atomic mass is 10.1. The Morgan fingerprint density at radius 2 is 2.00 bits per heavy atom. The highest BCUT2D eigenvalue weighted by Crippen LogP contribution is 2.36. The van der Waals surface area contributed by atoms with E-state index in [-0.39, 0.29) is 17.0 Å². The van der Waals surface area contributed by atoms with Crippen molar-refractivity contribution in [2.24, 2.45) is 0 Å². The fourth-order valence-corrected chi connectivity index (χ4v) is 4.17. The lowest BCUT2D eigenvalue weighted by Crippen LogP contribution is -2.42. The zero-order chi connectivity index (χ0) is 24.8. The van der Waals surface area contributed by atoms with Crippen LogP contribution in [0.3, 0.4) is 0 Å². The van der Waals surface area contributed by atoms with Crippen LogP contribution in [0.5, 0.6) is 11.5 Å². The van der Waals surface area contributed by atoms with Crippen molar-refractivity contribution in [1.82, 2.24) is 14.9 Å². The second-order valence-corrected chi connectivity index (χ2v) is 8.57. The Bertz CT molecular complexity index is 1190. The summed E-state index contributed by atoms with van der Waals surface area (Å²) < 4.78 is 30.8. The molecule has 10 heteroatoms. The average molecular weight is 503 g/mol. The summed E-state index contributed by atoms with van der Waals surface area (Å²) in [6.07, 6.45) is 3.20. The summed E-state index contributed by atoms with van der Waals surface area (Å²) in [5.74, 6) is 1.31. The minimum atomic E-state index is -0.492. The molecule has 0 unspecified atom stereocenters. The Balaban J connectivity index is 1.55. The number of hydrogen-bond acceptors (Lipinski definition) is 7. The fourth-order valence-electron chi connectivity index (χ4n) is 3.98. The van der Waals surface area contributed by atoms with Gasteiger partial charge in [-0.2, -0.15) is 0 Å². The molecule has 1 aromatic heterocycles. The minimum absolute atomic E-state index is 0.0167. The zero-order valence-corrected chi connectivity index (χ0v) is 20.5. The standard InChI is InChI=1S/C25H28ClFN4O4/c1-3-34-22-14-21-18(25(29-15-28-21)30-16-4-5-20(27)19(26)12-16)13-23(22)35-17-6-9-31(10-7-17)24(32)8-11-33-2/h4-5,12-15,17H,3,6-11H2,1-2H3,(H,28,29,30). The molecule has 0 radical (unpaired) electrons. The number of aromatic nitrogens is 2. The SMILES string of the molecule is CCOc1cc2ncnc(Nc3ccc(F)c(Cl)c3)c2cc1OC1CCN(C(=O)CCOC)CC1. The van der Waals surface area contributed by atoms with Gasteiger partial charge in [0, 0.05) is 50.2 Å². The molecule has 1 saturated heterocycles. The number of carbonyl (C=O) groups excluding carboxylic acids is 1. The van der Waals surface area contributed by atoms with E-state index < -0.39 is 5.82 Å². The smallest absolute Gasteiger partial charge is 0.224 e. The number of amides is 1. The third-order valence-corrected chi connectivity index (χ3v) is 6.08. The Kier molecular flexibility index (Phi) is 8.20. The largest absolute Gasteiger partial charge is 0.490 e. The van der Waals surface area contributed by atoms with E-state index in [2.05, 4.69) is 15.3 Å². The van der Waals surface area contributed by atoms with Crippen LogP contribution in [-0.2, 0) is 9.53 Å². The van der Waals surface area contributed by atoms with E-state index in [4.69, 9.17) is 25.8 Å². The van der Waals surface area contributed by atoms with Crippen molar-refractivity contribution in [2.75, 3.05) is 38.7 Å². The predicted molar refractivity (Wildman–Crippen MR) is 132 cm³/mol. The van der Waals surface area contributed by atoms with E-state index in [1.807, 2.05) is 24.0 Å². The summed E-state index contributed by atoms with van der Waals surface area (Å²) in [7, 11) is 1.59. The minimum Gasteiger partial charge on any atom is -0.490 e. The lowest BCUT2D eigenvalue weighted by molar-refractivity contribution is -0.133. The maximum atomic E-state index is 13.6. The Labute approximate surface area is 208 Å². The summed E-state index contributed by atoms with van der Waals surface area (Å²) in [4.78, 5) is 22.9. The number of fused-ring (bicyclic) bond motifs is 1. The molecule has 186 valence electrons. The molecular formula is C25H28ClFN4O4. The van der Waals surface area contributed by atoms with Crippen LogP contribution < -0.4 is 14.8 Å². The van der Waals surface area contributed by atoms with Gasteiger partial charge in [-0.15, -0.1) is 0 Å². The van der Waals surface area contributed by atoms with Crippen LogP contribution in [0.4, 0.5) is 15.9 Å². The summed E-state index contributed by atoms with van der Waals surface area (Å²) in [6.45, 7) is 4.06. The van der Waals surface area contributed by atoms with Gasteiger partial charge in [0.05, 0.1) is 30.2 Å². The highest BCUT2D eigenvalue weighted by Gasteiger charge is 2.25. The molecule has 0 atom stereocenters. The van der Waals surface area contributed by atoms with Crippen molar-refractivity contribution in [2.45, 2.75) is 32.3 Å². The van der Waals surface area contributed by atoms with Crippen molar-refractivity contribution in [3.63, 3.8) is 0 Å². The van der Waals surface area contributed by atoms with E-state index in [9.17, 15) is 9.18 Å². The van der Waals surface area contributed by atoms with Crippen LogP contribution >= 0.6 is 11.6 Å². The number of likely N-dealkylation sites (tertiary alicyclic amines) is 1. The Hall–Kier alpha value is -3.17. The van der Waals surface area contributed by atoms with Gasteiger partial charge >= 0.3 is 0 Å². The van der Waals surface area contributed by atoms with Crippen molar-refractivity contribution < 1.29 is 23.4 Å². The molecule has 35 heavy (non-hydrogen) atoms. The molecule has 2 aromatic carbocycles. The van der Waals surface area contributed by atoms with Crippen LogP contribution in [0.15, 0.2) is 36.7 Å². The van der Waals surface area contributed by atoms with Crippen molar-refractivity contribution in [1.29, 1.82) is 0 Å². The van der Waals surface area contributed by atoms with Crippen molar-refractivity contribution >= 4 is 39.9 Å². The first-order valence-electron chi connectivity index (χ1n) is 11.6. The Morgan fingerprint density at radius 1 is 1.20 bits per heavy atom. The van der Waals surface area contributed by atoms with Crippen LogP contribution in [0, 0.1) is 5.82 Å². The summed E-state index contributed by atoms with van der Waals surface area (Å²) in [5.41, 5.74) is 1.27. The molecule has 0 bridgehead atoms. The average Bonchev–Trinajstić information content (AvgIpc) is 2.86. The maximum absolute atomic E-state index is 13.6. The first-order valence-corrected chi connectivity index (χ1v) is 11.9. The number of ether oxygens (including phenoxy) is 3. The molecule has 2 heterocycles. The number of piperidine rings is 1. The molecule has 1 amide bonds. The van der Waals surface area contributed by atoms with Gasteiger partial charge in [0.2, 0.25) is 5.91 Å². The van der Waals surface area contributed by atoms with Gasteiger partial charge < -0.3 is 24.4 Å². The quantitative estimate of drug-likeness (QED) is 0.442. The van der Waals surface area contributed by atoms with Crippen LogP contribution in [0.1, 0.15) is 26.2 Å².